The van der Waals surface area contributed by atoms with Crippen molar-refractivity contribution in [3.05, 3.63) is 70.8 Å². The third-order valence-electron chi connectivity index (χ3n) is 5.48. The van der Waals surface area contributed by atoms with Gasteiger partial charge >= 0.3 is 0 Å². The summed E-state index contributed by atoms with van der Waals surface area (Å²) in [5.74, 6) is -3.59. The summed E-state index contributed by atoms with van der Waals surface area (Å²) in [5, 5.41) is 2.60. The Morgan fingerprint density at radius 1 is 0.939 bits per heavy atom. The maximum Gasteiger partial charge on any atom is 0.263 e. The quantitative estimate of drug-likeness (QED) is 0.719. The van der Waals surface area contributed by atoms with E-state index in [-0.39, 0.29) is 37.2 Å². The lowest BCUT2D eigenvalue weighted by atomic mass is 9.86. The molecule has 0 aromatic heterocycles. The first-order valence-corrected chi connectivity index (χ1v) is 10.7. The van der Waals surface area contributed by atoms with Gasteiger partial charge in [0.05, 0.1) is 0 Å². The molecule has 1 heterocycles. The molecule has 33 heavy (non-hydrogen) atoms. The van der Waals surface area contributed by atoms with Gasteiger partial charge in [0.25, 0.3) is 17.7 Å². The zero-order valence-electron chi connectivity index (χ0n) is 18.9. The third-order valence-corrected chi connectivity index (χ3v) is 5.48. The highest BCUT2D eigenvalue weighted by Crippen LogP contribution is 2.25. The highest BCUT2D eigenvalue weighted by atomic mass is 19.1. The van der Waals surface area contributed by atoms with E-state index in [0.717, 1.165) is 22.6 Å². The molecule has 1 atom stereocenters. The fourth-order valence-corrected chi connectivity index (χ4v) is 3.75. The van der Waals surface area contributed by atoms with Crippen molar-refractivity contribution in [1.82, 2.24) is 15.1 Å². The molecule has 0 radical (unpaired) electrons. The molecule has 1 aliphatic rings. The molecule has 0 bridgehead atoms. The average molecular weight is 459 g/mol. The van der Waals surface area contributed by atoms with Gasteiger partial charge in [0, 0.05) is 43.4 Å². The molecule has 2 aromatic rings. The van der Waals surface area contributed by atoms with Gasteiger partial charge in [0.1, 0.15) is 11.6 Å². The number of rotatable bonds is 5. The lowest BCUT2D eigenvalue weighted by Crippen LogP contribution is -2.54. The standard InChI is InChI=1S/C24H28F2N4O3/c1-24(2,3)17-6-4-15(5-7-17)22(32)29-10-11-30(21(29)20(31)28-9-8-27)23(33)16-12-18(25)14-19(26)13-16/h4-7,12-14,21H,8-11,27H2,1-3H3,(H,28,31). The van der Waals surface area contributed by atoms with E-state index in [2.05, 4.69) is 26.1 Å². The molecule has 3 rings (SSSR count). The molecule has 1 saturated heterocycles. The zero-order valence-corrected chi connectivity index (χ0v) is 18.9. The summed E-state index contributed by atoms with van der Waals surface area (Å²) < 4.78 is 27.3. The van der Waals surface area contributed by atoms with Crippen LogP contribution in [0.15, 0.2) is 42.5 Å². The van der Waals surface area contributed by atoms with Crippen molar-refractivity contribution in [2.75, 3.05) is 26.2 Å². The highest BCUT2D eigenvalue weighted by Gasteiger charge is 2.43. The smallest absolute Gasteiger partial charge is 0.263 e. The lowest BCUT2D eigenvalue weighted by molar-refractivity contribution is -0.128. The van der Waals surface area contributed by atoms with E-state index in [0.29, 0.717) is 11.6 Å². The number of amides is 3. The summed E-state index contributed by atoms with van der Waals surface area (Å²) in [6.07, 6.45) is -1.27. The van der Waals surface area contributed by atoms with Gasteiger partial charge in [-0.3, -0.25) is 14.4 Å². The third kappa shape index (κ3) is 5.36. The first-order chi connectivity index (χ1) is 15.5. The van der Waals surface area contributed by atoms with E-state index in [1.54, 1.807) is 12.1 Å². The van der Waals surface area contributed by atoms with Crippen LogP contribution in [0.4, 0.5) is 8.78 Å². The number of nitrogens with one attached hydrogen (secondary N) is 1. The first-order valence-electron chi connectivity index (χ1n) is 10.7. The number of carbonyl (C=O) groups excluding carboxylic acids is 3. The summed E-state index contributed by atoms with van der Waals surface area (Å²) in [6.45, 7) is 6.61. The first kappa shape index (κ1) is 24.3. The van der Waals surface area contributed by atoms with Gasteiger partial charge in [-0.2, -0.15) is 0 Å². The SMILES string of the molecule is CC(C)(C)c1ccc(C(=O)N2CCN(C(=O)c3cc(F)cc(F)c3)C2C(=O)NCCN)cc1. The maximum atomic E-state index is 13.7. The number of hydrogen-bond acceptors (Lipinski definition) is 4. The van der Waals surface area contributed by atoms with E-state index < -0.39 is 35.5 Å². The largest absolute Gasteiger partial charge is 0.351 e. The van der Waals surface area contributed by atoms with Gasteiger partial charge in [0.15, 0.2) is 6.17 Å². The Balaban J connectivity index is 1.91. The Morgan fingerprint density at radius 2 is 1.45 bits per heavy atom. The molecule has 176 valence electrons. The second-order valence-electron chi connectivity index (χ2n) is 8.94. The van der Waals surface area contributed by atoms with Crippen LogP contribution in [-0.2, 0) is 10.2 Å². The molecule has 1 unspecified atom stereocenters. The number of carbonyl (C=O) groups is 3. The Morgan fingerprint density at radius 3 is 1.94 bits per heavy atom. The summed E-state index contributed by atoms with van der Waals surface area (Å²) in [7, 11) is 0. The summed E-state index contributed by atoms with van der Waals surface area (Å²) >= 11 is 0. The molecule has 2 aromatic carbocycles. The minimum atomic E-state index is -1.27. The Kier molecular flexibility index (Phi) is 7.12. The van der Waals surface area contributed by atoms with Crippen LogP contribution in [0.2, 0.25) is 0 Å². The minimum absolute atomic E-state index is 0.0312. The Hall–Kier alpha value is -3.33. The van der Waals surface area contributed by atoms with E-state index >= 15 is 0 Å². The van der Waals surface area contributed by atoms with Crippen molar-refractivity contribution in [3.63, 3.8) is 0 Å². The van der Waals surface area contributed by atoms with Crippen LogP contribution >= 0.6 is 0 Å². The second kappa shape index (κ2) is 9.66. The number of benzene rings is 2. The van der Waals surface area contributed by atoms with Crippen LogP contribution in [0.25, 0.3) is 0 Å². The van der Waals surface area contributed by atoms with Gasteiger partial charge in [-0.25, -0.2) is 8.78 Å². The van der Waals surface area contributed by atoms with Crippen molar-refractivity contribution < 1.29 is 23.2 Å². The molecule has 3 amide bonds. The van der Waals surface area contributed by atoms with Crippen LogP contribution in [0, 0.1) is 11.6 Å². The number of halogens is 2. The summed E-state index contributed by atoms with van der Waals surface area (Å²) in [4.78, 5) is 41.7. The number of nitrogens with two attached hydrogens (primary N) is 1. The van der Waals surface area contributed by atoms with E-state index in [1.807, 2.05) is 12.1 Å². The minimum Gasteiger partial charge on any atom is -0.351 e. The fraction of sp³-hybridized carbons (Fsp3) is 0.375. The van der Waals surface area contributed by atoms with Crippen LogP contribution in [0.5, 0.6) is 0 Å². The molecule has 9 heteroatoms. The summed E-state index contributed by atoms with van der Waals surface area (Å²) in [5.41, 5.74) is 6.54. The van der Waals surface area contributed by atoms with E-state index in [1.165, 1.54) is 4.90 Å². The van der Waals surface area contributed by atoms with Gasteiger partial charge < -0.3 is 20.9 Å². The van der Waals surface area contributed by atoms with Crippen molar-refractivity contribution in [2.24, 2.45) is 5.73 Å². The monoisotopic (exact) mass is 458 g/mol. The van der Waals surface area contributed by atoms with Crippen LogP contribution in [0.3, 0.4) is 0 Å². The molecule has 1 aliphatic heterocycles. The van der Waals surface area contributed by atoms with Gasteiger partial charge in [-0.1, -0.05) is 32.9 Å². The normalized spacial score (nSPS) is 16.1. The zero-order chi connectivity index (χ0) is 24.3. The molecule has 3 N–H and O–H groups in total. The Labute approximate surface area is 191 Å². The highest BCUT2D eigenvalue weighted by molar-refractivity contribution is 6.02. The molecule has 0 saturated carbocycles. The van der Waals surface area contributed by atoms with Crippen molar-refractivity contribution in [1.29, 1.82) is 0 Å². The van der Waals surface area contributed by atoms with Crippen molar-refractivity contribution >= 4 is 17.7 Å². The molecule has 0 aliphatic carbocycles. The predicted molar refractivity (Wildman–Crippen MR) is 119 cm³/mol. The van der Waals surface area contributed by atoms with Gasteiger partial charge in [-0.15, -0.1) is 0 Å². The van der Waals surface area contributed by atoms with Crippen molar-refractivity contribution in [2.45, 2.75) is 32.4 Å². The topological polar surface area (TPSA) is 95.7 Å². The van der Waals surface area contributed by atoms with Crippen LogP contribution < -0.4 is 11.1 Å². The fourth-order valence-electron chi connectivity index (χ4n) is 3.75. The molecule has 1 fully saturated rings. The van der Waals surface area contributed by atoms with E-state index in [4.69, 9.17) is 5.73 Å². The second-order valence-corrected chi connectivity index (χ2v) is 8.94. The molecular weight excluding hydrogens is 430 g/mol. The lowest BCUT2D eigenvalue weighted by Gasteiger charge is -2.29. The van der Waals surface area contributed by atoms with Crippen LogP contribution in [0.1, 0.15) is 47.1 Å². The average Bonchev–Trinajstić information content (AvgIpc) is 3.20. The maximum absolute atomic E-state index is 13.7. The number of nitrogens with zero attached hydrogens (tertiary/aromatic N) is 2. The molecular formula is C24H28F2N4O3. The molecule has 0 spiro atoms. The Bertz CT molecular complexity index is 1030. The van der Waals surface area contributed by atoms with Gasteiger partial charge in [0.2, 0.25) is 0 Å². The number of hydrogen-bond donors (Lipinski definition) is 2. The van der Waals surface area contributed by atoms with Crippen molar-refractivity contribution in [3.8, 4) is 0 Å². The predicted octanol–water partition coefficient (Wildman–Crippen LogP) is 2.26. The summed E-state index contributed by atoms with van der Waals surface area (Å²) in [6, 6.07) is 9.53. The van der Waals surface area contributed by atoms with E-state index in [9.17, 15) is 23.2 Å². The molecule has 7 nitrogen and oxygen atoms in total. The van der Waals surface area contributed by atoms with Crippen LogP contribution in [-0.4, -0.2) is 59.9 Å². The van der Waals surface area contributed by atoms with Gasteiger partial charge in [-0.05, 0) is 35.2 Å².